The number of para-hydroxylation sites is 1. The zero-order chi connectivity index (χ0) is 9.97. The lowest BCUT2D eigenvalue weighted by atomic mass is 10.2. The van der Waals surface area contributed by atoms with Crippen molar-refractivity contribution in [3.05, 3.63) is 23.8 Å². The van der Waals surface area contributed by atoms with Gasteiger partial charge >= 0.3 is 0 Å². The number of benzene rings is 1. The highest BCUT2D eigenvalue weighted by atomic mass is 79.9. The Morgan fingerprint density at radius 3 is 3.21 bits per heavy atom. The summed E-state index contributed by atoms with van der Waals surface area (Å²) in [6.45, 7) is 0.434. The first-order valence-corrected chi connectivity index (χ1v) is 4.97. The number of nitrogens with zero attached hydrogens (tertiary/aromatic N) is 1. The highest BCUT2D eigenvalue weighted by Gasteiger charge is 2.20. The molecule has 4 nitrogen and oxygen atoms in total. The first-order valence-electron chi connectivity index (χ1n) is 4.05. The lowest BCUT2D eigenvalue weighted by Gasteiger charge is -2.23. The highest BCUT2D eigenvalue weighted by molar-refractivity contribution is 9.09. The van der Waals surface area contributed by atoms with Crippen LogP contribution >= 0.6 is 15.9 Å². The molecule has 0 bridgehead atoms. The molecule has 1 aromatic rings. The predicted octanol–water partition coefficient (Wildman–Crippen LogP) is 1.99. The van der Waals surface area contributed by atoms with Crippen molar-refractivity contribution in [1.29, 1.82) is 0 Å². The van der Waals surface area contributed by atoms with Crippen LogP contribution in [0.2, 0.25) is 0 Å². The highest BCUT2D eigenvalue weighted by Crippen LogP contribution is 2.35. The molecule has 1 aromatic carbocycles. The van der Waals surface area contributed by atoms with E-state index >= 15 is 0 Å². The maximum absolute atomic E-state index is 8.44. The summed E-state index contributed by atoms with van der Waals surface area (Å²) in [5.41, 5.74) is 0.699. The molecule has 0 saturated carbocycles. The monoisotopic (exact) mass is 257 g/mol. The summed E-state index contributed by atoms with van der Waals surface area (Å²) in [5.74, 6) is 1.26. The first-order chi connectivity index (χ1) is 6.81. The molecule has 5 heteroatoms. The second-order valence-corrected chi connectivity index (χ2v) is 3.78. The van der Waals surface area contributed by atoms with Gasteiger partial charge in [-0.2, -0.15) is 0 Å². The fraction of sp³-hybridized carbons (Fsp3) is 0.222. The molecule has 0 aliphatic carbocycles. The second-order valence-electron chi connectivity index (χ2n) is 2.76. The molecule has 0 amide bonds. The van der Waals surface area contributed by atoms with Gasteiger partial charge in [0.2, 0.25) is 0 Å². The van der Waals surface area contributed by atoms with Crippen LogP contribution in [0.5, 0.6) is 11.5 Å². The zero-order valence-electron chi connectivity index (χ0n) is 7.18. The summed E-state index contributed by atoms with van der Waals surface area (Å²) < 4.78 is 10.9. The normalized spacial score (nSPS) is 19.9. The third kappa shape index (κ3) is 1.68. The van der Waals surface area contributed by atoms with Gasteiger partial charge in [-0.3, -0.25) is 0 Å². The molecule has 0 aromatic heterocycles. The SMILES string of the molecule is O/N=C/c1cccc2c1OCC(Br)O2. The van der Waals surface area contributed by atoms with E-state index in [-0.39, 0.29) is 5.01 Å². The maximum atomic E-state index is 8.44. The van der Waals surface area contributed by atoms with E-state index in [1.54, 1.807) is 12.1 Å². The average Bonchev–Trinajstić information content (AvgIpc) is 2.18. The summed E-state index contributed by atoms with van der Waals surface area (Å²) in [6, 6.07) is 5.40. The van der Waals surface area contributed by atoms with Gasteiger partial charge in [0.1, 0.15) is 6.61 Å². The third-order valence-electron chi connectivity index (χ3n) is 1.82. The Bertz CT molecular complexity index is 367. The van der Waals surface area contributed by atoms with Gasteiger partial charge in [-0.15, -0.1) is 0 Å². The standard InChI is InChI=1S/C9H8BrNO3/c10-8-5-13-9-6(4-11-12)2-1-3-7(9)14-8/h1-4,8,12H,5H2/b11-4+. The van der Waals surface area contributed by atoms with E-state index in [0.29, 0.717) is 23.7 Å². The predicted molar refractivity (Wildman–Crippen MR) is 54.7 cm³/mol. The van der Waals surface area contributed by atoms with Crippen molar-refractivity contribution in [2.24, 2.45) is 5.16 Å². The van der Waals surface area contributed by atoms with E-state index < -0.39 is 0 Å². The van der Waals surface area contributed by atoms with Crippen molar-refractivity contribution in [3.63, 3.8) is 0 Å². The van der Waals surface area contributed by atoms with Crippen molar-refractivity contribution in [3.8, 4) is 11.5 Å². The van der Waals surface area contributed by atoms with Gasteiger partial charge in [-0.05, 0) is 28.1 Å². The van der Waals surface area contributed by atoms with Crippen LogP contribution in [0.15, 0.2) is 23.4 Å². The zero-order valence-corrected chi connectivity index (χ0v) is 8.77. The Morgan fingerprint density at radius 2 is 2.43 bits per heavy atom. The van der Waals surface area contributed by atoms with E-state index in [2.05, 4.69) is 21.1 Å². The van der Waals surface area contributed by atoms with Crippen LogP contribution in [0.3, 0.4) is 0 Å². The van der Waals surface area contributed by atoms with Crippen molar-refractivity contribution >= 4 is 22.1 Å². The van der Waals surface area contributed by atoms with Crippen molar-refractivity contribution in [2.45, 2.75) is 5.01 Å². The topological polar surface area (TPSA) is 51.1 Å². The molecule has 0 radical (unpaired) electrons. The van der Waals surface area contributed by atoms with E-state index in [4.69, 9.17) is 14.7 Å². The fourth-order valence-corrected chi connectivity index (χ4v) is 1.60. The summed E-state index contributed by atoms with van der Waals surface area (Å²) in [6.07, 6.45) is 1.32. The average molecular weight is 258 g/mol. The van der Waals surface area contributed by atoms with Crippen molar-refractivity contribution < 1.29 is 14.7 Å². The Morgan fingerprint density at radius 1 is 1.57 bits per heavy atom. The number of hydrogen-bond donors (Lipinski definition) is 1. The molecule has 1 aliphatic rings. The third-order valence-corrected chi connectivity index (χ3v) is 2.27. The molecular formula is C9H8BrNO3. The molecule has 74 valence electrons. The van der Waals surface area contributed by atoms with Crippen molar-refractivity contribution in [2.75, 3.05) is 6.61 Å². The Kier molecular flexibility index (Phi) is 2.58. The lowest BCUT2D eigenvalue weighted by Crippen LogP contribution is -2.23. The molecule has 1 heterocycles. The number of fused-ring (bicyclic) bond motifs is 1. The van der Waals surface area contributed by atoms with Crippen LogP contribution in [0.4, 0.5) is 0 Å². The van der Waals surface area contributed by atoms with Crippen LogP contribution < -0.4 is 9.47 Å². The molecule has 2 rings (SSSR count). The minimum absolute atomic E-state index is 0.128. The summed E-state index contributed by atoms with van der Waals surface area (Å²) in [5, 5.41) is 11.3. The second kappa shape index (κ2) is 3.88. The smallest absolute Gasteiger partial charge is 0.187 e. The molecule has 1 unspecified atom stereocenters. The number of alkyl halides is 1. The van der Waals surface area contributed by atoms with Crippen LogP contribution in [0, 0.1) is 0 Å². The molecular weight excluding hydrogens is 250 g/mol. The minimum atomic E-state index is -0.128. The van der Waals surface area contributed by atoms with E-state index in [1.807, 2.05) is 6.07 Å². The van der Waals surface area contributed by atoms with Crippen LogP contribution in [-0.2, 0) is 0 Å². The molecule has 1 aliphatic heterocycles. The number of ether oxygens (including phenoxy) is 2. The van der Waals surface area contributed by atoms with Crippen LogP contribution in [-0.4, -0.2) is 23.0 Å². The van der Waals surface area contributed by atoms with Crippen molar-refractivity contribution in [1.82, 2.24) is 0 Å². The van der Waals surface area contributed by atoms with Crippen LogP contribution in [0.25, 0.3) is 0 Å². The number of rotatable bonds is 1. The number of oxime groups is 1. The summed E-state index contributed by atoms with van der Waals surface area (Å²) in [7, 11) is 0. The molecule has 1 N–H and O–H groups in total. The maximum Gasteiger partial charge on any atom is 0.187 e. The van der Waals surface area contributed by atoms with E-state index in [1.165, 1.54) is 6.21 Å². The number of halogens is 1. The fourth-order valence-electron chi connectivity index (χ4n) is 1.26. The molecule has 14 heavy (non-hydrogen) atoms. The minimum Gasteiger partial charge on any atom is -0.484 e. The lowest BCUT2D eigenvalue weighted by molar-refractivity contribution is 0.153. The van der Waals surface area contributed by atoms with E-state index in [9.17, 15) is 0 Å². The number of hydrogen-bond acceptors (Lipinski definition) is 4. The molecule has 0 fully saturated rings. The van der Waals surface area contributed by atoms with Gasteiger partial charge in [0.25, 0.3) is 0 Å². The summed E-state index contributed by atoms with van der Waals surface area (Å²) >= 11 is 3.29. The van der Waals surface area contributed by atoms with Gasteiger partial charge < -0.3 is 14.7 Å². The van der Waals surface area contributed by atoms with Crippen LogP contribution in [0.1, 0.15) is 5.56 Å². The van der Waals surface area contributed by atoms with Gasteiger partial charge in [0.15, 0.2) is 16.5 Å². The first kappa shape index (κ1) is 9.33. The van der Waals surface area contributed by atoms with Gasteiger partial charge in [-0.25, -0.2) is 0 Å². The Hall–Kier alpha value is -1.23. The molecule has 0 spiro atoms. The Balaban J connectivity index is 2.41. The van der Waals surface area contributed by atoms with Gasteiger partial charge in [-0.1, -0.05) is 11.2 Å². The van der Waals surface area contributed by atoms with Gasteiger partial charge in [0, 0.05) is 5.56 Å². The largest absolute Gasteiger partial charge is 0.484 e. The quantitative estimate of drug-likeness (QED) is 0.362. The summed E-state index contributed by atoms with van der Waals surface area (Å²) in [4.78, 5) is 0. The molecule has 0 saturated heterocycles. The van der Waals surface area contributed by atoms with Gasteiger partial charge in [0.05, 0.1) is 6.21 Å². The molecule has 1 atom stereocenters. The Labute approximate surface area is 89.3 Å². The van der Waals surface area contributed by atoms with E-state index in [0.717, 1.165) is 0 Å².